The van der Waals surface area contributed by atoms with Crippen LogP contribution >= 0.6 is 0 Å². The lowest BCUT2D eigenvalue weighted by molar-refractivity contribution is -0.133. The average Bonchev–Trinajstić information content (AvgIpc) is 3.10. The Morgan fingerprint density at radius 3 is 2.47 bits per heavy atom. The number of Topliss-reactive ketones (excluding diaryl/α,β-unsaturated/α-hetero) is 1. The maximum Gasteiger partial charge on any atom is 0.234 e. The molecule has 88 valence electrons. The van der Waals surface area contributed by atoms with Crippen molar-refractivity contribution in [1.29, 1.82) is 0 Å². The monoisotopic (exact) mass is 229 g/mol. The zero-order valence-electron chi connectivity index (χ0n) is 9.63. The first kappa shape index (κ1) is 10.5. The van der Waals surface area contributed by atoms with Crippen molar-refractivity contribution < 1.29 is 9.59 Å². The van der Waals surface area contributed by atoms with Gasteiger partial charge in [-0.15, -0.1) is 0 Å². The molecule has 1 unspecified atom stereocenters. The van der Waals surface area contributed by atoms with E-state index in [0.29, 0.717) is 19.0 Å². The normalized spacial score (nSPS) is 24.5. The Morgan fingerprint density at radius 2 is 1.82 bits per heavy atom. The van der Waals surface area contributed by atoms with Crippen molar-refractivity contribution in [2.24, 2.45) is 11.8 Å². The van der Waals surface area contributed by atoms with Gasteiger partial charge in [-0.05, 0) is 24.3 Å². The first-order valence-corrected chi connectivity index (χ1v) is 6.11. The molecular formula is C14H15NO2. The quantitative estimate of drug-likeness (QED) is 0.739. The van der Waals surface area contributed by atoms with Gasteiger partial charge in [0.2, 0.25) is 5.91 Å². The van der Waals surface area contributed by atoms with Crippen LogP contribution in [-0.2, 0) is 16.1 Å². The van der Waals surface area contributed by atoms with Gasteiger partial charge in [-0.25, -0.2) is 0 Å². The highest BCUT2D eigenvalue weighted by molar-refractivity contribution is 6.08. The molecule has 0 aromatic heterocycles. The summed E-state index contributed by atoms with van der Waals surface area (Å²) in [5.74, 6) is 0.185. The van der Waals surface area contributed by atoms with Crippen molar-refractivity contribution in [1.82, 2.24) is 4.90 Å². The number of benzene rings is 1. The summed E-state index contributed by atoms with van der Waals surface area (Å²) < 4.78 is 0. The van der Waals surface area contributed by atoms with Crippen molar-refractivity contribution in [3.8, 4) is 0 Å². The van der Waals surface area contributed by atoms with E-state index in [1.54, 1.807) is 4.90 Å². The topological polar surface area (TPSA) is 37.4 Å². The molecule has 2 aliphatic rings. The molecule has 3 heteroatoms. The van der Waals surface area contributed by atoms with Gasteiger partial charge < -0.3 is 4.90 Å². The van der Waals surface area contributed by atoms with Crippen LogP contribution in [0.15, 0.2) is 30.3 Å². The molecule has 1 aliphatic heterocycles. The van der Waals surface area contributed by atoms with E-state index in [2.05, 4.69) is 0 Å². The van der Waals surface area contributed by atoms with E-state index >= 15 is 0 Å². The summed E-state index contributed by atoms with van der Waals surface area (Å²) in [6.07, 6.45) is 2.09. The standard InChI is InChI=1S/C14H15NO2/c16-12-9-15(8-10-4-2-1-3-5-10)14(17)13(12)11-6-7-11/h1-5,11,13H,6-9H2. The van der Waals surface area contributed by atoms with Gasteiger partial charge in [-0.3, -0.25) is 9.59 Å². The van der Waals surface area contributed by atoms with Crippen LogP contribution in [0.4, 0.5) is 0 Å². The maximum absolute atomic E-state index is 12.1. The van der Waals surface area contributed by atoms with Crippen LogP contribution in [0, 0.1) is 11.8 Å². The van der Waals surface area contributed by atoms with Crippen molar-refractivity contribution in [2.75, 3.05) is 6.54 Å². The second-order valence-corrected chi connectivity index (χ2v) is 4.96. The minimum absolute atomic E-state index is 0.0429. The first-order valence-electron chi connectivity index (χ1n) is 6.11. The fourth-order valence-corrected chi connectivity index (χ4v) is 2.53. The Balaban J connectivity index is 1.73. The fourth-order valence-electron chi connectivity index (χ4n) is 2.53. The lowest BCUT2D eigenvalue weighted by atomic mass is 10.0. The van der Waals surface area contributed by atoms with E-state index in [-0.39, 0.29) is 17.6 Å². The van der Waals surface area contributed by atoms with Gasteiger partial charge in [0, 0.05) is 6.54 Å². The number of hydrogen-bond donors (Lipinski definition) is 0. The van der Waals surface area contributed by atoms with Crippen LogP contribution in [-0.4, -0.2) is 23.1 Å². The van der Waals surface area contributed by atoms with E-state index in [1.165, 1.54) is 0 Å². The Hall–Kier alpha value is -1.64. The molecule has 2 fully saturated rings. The highest BCUT2D eigenvalue weighted by Crippen LogP contribution is 2.40. The number of ketones is 1. The van der Waals surface area contributed by atoms with Crippen LogP contribution < -0.4 is 0 Å². The lowest BCUT2D eigenvalue weighted by Crippen LogP contribution is -2.27. The van der Waals surface area contributed by atoms with Crippen LogP contribution in [0.1, 0.15) is 18.4 Å². The van der Waals surface area contributed by atoms with Crippen LogP contribution in [0.2, 0.25) is 0 Å². The van der Waals surface area contributed by atoms with Crippen molar-refractivity contribution >= 4 is 11.7 Å². The Bertz CT molecular complexity index is 451. The van der Waals surface area contributed by atoms with Gasteiger partial charge in [0.15, 0.2) is 5.78 Å². The molecule has 0 radical (unpaired) electrons. The molecule has 17 heavy (non-hydrogen) atoms. The Morgan fingerprint density at radius 1 is 1.12 bits per heavy atom. The third-order valence-corrected chi connectivity index (χ3v) is 3.58. The molecule has 1 aliphatic carbocycles. The van der Waals surface area contributed by atoms with E-state index in [0.717, 1.165) is 18.4 Å². The predicted octanol–water partition coefficient (Wildman–Crippen LogP) is 1.62. The molecule has 1 aromatic carbocycles. The number of rotatable bonds is 3. The largest absolute Gasteiger partial charge is 0.330 e. The second kappa shape index (κ2) is 3.99. The zero-order valence-corrected chi connectivity index (χ0v) is 9.63. The molecule has 1 atom stereocenters. The fraction of sp³-hybridized carbons (Fsp3) is 0.429. The molecule has 0 N–H and O–H groups in total. The minimum Gasteiger partial charge on any atom is -0.330 e. The summed E-state index contributed by atoms with van der Waals surface area (Å²) in [6, 6.07) is 9.84. The summed E-state index contributed by atoms with van der Waals surface area (Å²) in [6.45, 7) is 0.865. The summed E-state index contributed by atoms with van der Waals surface area (Å²) in [5.41, 5.74) is 1.09. The molecule has 1 aromatic rings. The third-order valence-electron chi connectivity index (χ3n) is 3.58. The molecule has 0 spiro atoms. The lowest BCUT2D eigenvalue weighted by Gasteiger charge is -2.15. The molecule has 1 saturated carbocycles. The second-order valence-electron chi connectivity index (χ2n) is 4.96. The number of carbonyl (C=O) groups is 2. The third kappa shape index (κ3) is 1.97. The summed E-state index contributed by atoms with van der Waals surface area (Å²) >= 11 is 0. The number of amides is 1. The van der Waals surface area contributed by atoms with Gasteiger partial charge in [-0.1, -0.05) is 30.3 Å². The van der Waals surface area contributed by atoms with Crippen LogP contribution in [0.3, 0.4) is 0 Å². The van der Waals surface area contributed by atoms with E-state index < -0.39 is 0 Å². The van der Waals surface area contributed by atoms with Crippen LogP contribution in [0.5, 0.6) is 0 Å². The first-order chi connectivity index (χ1) is 8.25. The number of hydrogen-bond acceptors (Lipinski definition) is 2. The number of nitrogens with zero attached hydrogens (tertiary/aromatic N) is 1. The zero-order chi connectivity index (χ0) is 11.8. The van der Waals surface area contributed by atoms with Gasteiger partial charge in [0.05, 0.1) is 6.54 Å². The van der Waals surface area contributed by atoms with Crippen molar-refractivity contribution in [3.05, 3.63) is 35.9 Å². The maximum atomic E-state index is 12.1. The van der Waals surface area contributed by atoms with E-state index in [9.17, 15) is 9.59 Å². The average molecular weight is 229 g/mol. The van der Waals surface area contributed by atoms with E-state index in [1.807, 2.05) is 30.3 Å². The molecule has 1 heterocycles. The Labute approximate surface area is 100 Å². The molecule has 3 rings (SSSR count). The Kier molecular flexibility index (Phi) is 2.46. The number of carbonyl (C=O) groups excluding carboxylic acids is 2. The molecular weight excluding hydrogens is 214 g/mol. The predicted molar refractivity (Wildman–Crippen MR) is 63.1 cm³/mol. The highest BCUT2D eigenvalue weighted by atomic mass is 16.2. The smallest absolute Gasteiger partial charge is 0.234 e. The van der Waals surface area contributed by atoms with Crippen molar-refractivity contribution in [3.63, 3.8) is 0 Å². The van der Waals surface area contributed by atoms with Crippen molar-refractivity contribution in [2.45, 2.75) is 19.4 Å². The number of likely N-dealkylation sites (tertiary alicyclic amines) is 1. The van der Waals surface area contributed by atoms with Gasteiger partial charge >= 0.3 is 0 Å². The van der Waals surface area contributed by atoms with Gasteiger partial charge in [-0.2, -0.15) is 0 Å². The summed E-state index contributed by atoms with van der Waals surface area (Å²) in [7, 11) is 0. The van der Waals surface area contributed by atoms with Gasteiger partial charge in [0.25, 0.3) is 0 Å². The summed E-state index contributed by atoms with van der Waals surface area (Å²) in [4.78, 5) is 25.6. The molecule has 3 nitrogen and oxygen atoms in total. The SMILES string of the molecule is O=C1CN(Cc2ccccc2)C(=O)C1C1CC1. The summed E-state index contributed by atoms with van der Waals surface area (Å²) in [5, 5.41) is 0. The van der Waals surface area contributed by atoms with E-state index in [4.69, 9.17) is 0 Å². The molecule has 1 saturated heterocycles. The van der Waals surface area contributed by atoms with Gasteiger partial charge in [0.1, 0.15) is 5.92 Å². The molecule has 1 amide bonds. The molecule has 0 bridgehead atoms. The minimum atomic E-state index is -0.321. The highest BCUT2D eigenvalue weighted by Gasteiger charge is 2.47. The van der Waals surface area contributed by atoms with Crippen LogP contribution in [0.25, 0.3) is 0 Å².